The van der Waals surface area contributed by atoms with Gasteiger partial charge in [0.25, 0.3) is 0 Å². The number of methoxy groups -OCH3 is 1. The normalized spacial score (nSPS) is 17.9. The van der Waals surface area contributed by atoms with E-state index in [0.29, 0.717) is 24.5 Å². The number of carbonyl (C=O) groups excluding carboxylic acids is 2. The number of thiophene rings is 1. The smallest absolute Gasteiger partial charge is 0.348 e. The van der Waals surface area contributed by atoms with Crippen molar-refractivity contribution in [1.29, 1.82) is 0 Å². The molecule has 2 atom stereocenters. The van der Waals surface area contributed by atoms with Gasteiger partial charge in [-0.05, 0) is 49.5 Å². The first-order chi connectivity index (χ1) is 16.0. The highest BCUT2D eigenvalue weighted by Crippen LogP contribution is 2.38. The van der Waals surface area contributed by atoms with Gasteiger partial charge >= 0.3 is 5.97 Å². The maximum Gasteiger partial charge on any atom is 0.348 e. The lowest BCUT2D eigenvalue weighted by Crippen LogP contribution is -2.45. The molecule has 0 aromatic carbocycles. The molecule has 1 aliphatic rings. The van der Waals surface area contributed by atoms with Crippen LogP contribution in [-0.4, -0.2) is 57.5 Å². The summed E-state index contributed by atoms with van der Waals surface area (Å²) in [6, 6.07) is 3.77. The van der Waals surface area contributed by atoms with Gasteiger partial charge < -0.3 is 18.8 Å². The highest BCUT2D eigenvalue weighted by atomic mass is 32.1. The van der Waals surface area contributed by atoms with Crippen LogP contribution in [-0.2, 0) is 25.3 Å². The number of nitrogens with zero attached hydrogens (tertiary/aromatic N) is 1. The van der Waals surface area contributed by atoms with Crippen molar-refractivity contribution >= 4 is 31.5 Å². The average Bonchev–Trinajstić information content (AvgIpc) is 3.37. The summed E-state index contributed by atoms with van der Waals surface area (Å²) in [5.74, 6) is -0.102. The summed E-state index contributed by atoms with van der Waals surface area (Å²) in [6.07, 6.45) is 7.15. The largest absolute Gasteiger partial charge is 0.465 e. The van der Waals surface area contributed by atoms with Crippen molar-refractivity contribution < 1.29 is 23.5 Å². The Kier molecular flexibility index (Phi) is 11.3. The topological polar surface area (TPSA) is 65.1 Å². The Hall–Kier alpha value is -1.22. The van der Waals surface area contributed by atoms with Gasteiger partial charge in [-0.25, -0.2) is 4.79 Å². The Morgan fingerprint density at radius 1 is 1.24 bits per heavy atom. The molecule has 1 unspecified atom stereocenters. The Bertz CT molecular complexity index is 788. The fourth-order valence-corrected chi connectivity index (χ4v) is 6.28. The molecule has 34 heavy (non-hydrogen) atoms. The molecular formula is C26H45NO5SSi. The lowest BCUT2D eigenvalue weighted by Gasteiger charge is -2.40. The van der Waals surface area contributed by atoms with Crippen LogP contribution in [0, 0.1) is 0 Å². The Morgan fingerprint density at radius 2 is 1.97 bits per heavy atom. The van der Waals surface area contributed by atoms with Crippen LogP contribution in [0.2, 0.25) is 18.1 Å². The highest BCUT2D eigenvalue weighted by Gasteiger charge is 2.39. The van der Waals surface area contributed by atoms with E-state index in [2.05, 4.69) is 40.8 Å². The van der Waals surface area contributed by atoms with E-state index in [1.807, 2.05) is 11.0 Å². The first-order valence-corrected chi connectivity index (χ1v) is 16.4. The molecule has 0 spiro atoms. The van der Waals surface area contributed by atoms with Crippen LogP contribution in [0.1, 0.15) is 87.2 Å². The zero-order chi connectivity index (χ0) is 25.4. The van der Waals surface area contributed by atoms with Gasteiger partial charge in [-0.1, -0.05) is 47.0 Å². The molecule has 8 heteroatoms. The van der Waals surface area contributed by atoms with Gasteiger partial charge in [0.2, 0.25) is 5.91 Å². The molecule has 1 aromatic rings. The summed E-state index contributed by atoms with van der Waals surface area (Å²) in [7, 11) is -0.482. The van der Waals surface area contributed by atoms with Crippen LogP contribution in [0.3, 0.4) is 0 Å². The van der Waals surface area contributed by atoms with E-state index in [1.165, 1.54) is 37.7 Å². The lowest BCUT2D eigenvalue weighted by molar-refractivity contribution is -0.130. The zero-order valence-corrected chi connectivity index (χ0v) is 24.1. The van der Waals surface area contributed by atoms with Gasteiger partial charge in [-0.15, -0.1) is 11.3 Å². The van der Waals surface area contributed by atoms with Crippen LogP contribution in [0.25, 0.3) is 0 Å². The fourth-order valence-electron chi connectivity index (χ4n) is 4.00. The third-order valence-corrected chi connectivity index (χ3v) is 12.7. The molecular weight excluding hydrogens is 466 g/mol. The van der Waals surface area contributed by atoms with Crippen molar-refractivity contribution in [2.24, 2.45) is 0 Å². The first-order valence-electron chi connectivity index (χ1n) is 12.7. The summed E-state index contributed by atoms with van der Waals surface area (Å²) < 4.78 is 17.5. The van der Waals surface area contributed by atoms with E-state index < -0.39 is 8.32 Å². The maximum atomic E-state index is 12.6. The lowest BCUT2D eigenvalue weighted by atomic mass is 10.1. The van der Waals surface area contributed by atoms with Crippen molar-refractivity contribution in [1.82, 2.24) is 4.90 Å². The molecule has 0 saturated carbocycles. The summed E-state index contributed by atoms with van der Waals surface area (Å²) >= 11 is 1.39. The number of hydrogen-bond donors (Lipinski definition) is 0. The van der Waals surface area contributed by atoms with Crippen LogP contribution in [0.15, 0.2) is 12.1 Å². The monoisotopic (exact) mass is 511 g/mol. The number of likely N-dealkylation sites (tertiary alicyclic amines) is 1. The van der Waals surface area contributed by atoms with E-state index in [-0.39, 0.29) is 29.1 Å². The van der Waals surface area contributed by atoms with E-state index in [9.17, 15) is 9.59 Å². The highest BCUT2D eigenvalue weighted by molar-refractivity contribution is 7.13. The van der Waals surface area contributed by atoms with E-state index in [4.69, 9.17) is 13.9 Å². The maximum absolute atomic E-state index is 12.6. The van der Waals surface area contributed by atoms with Crippen molar-refractivity contribution in [3.8, 4) is 0 Å². The van der Waals surface area contributed by atoms with Crippen molar-refractivity contribution in [2.75, 3.05) is 20.3 Å². The minimum absolute atomic E-state index is 0.108. The molecule has 1 saturated heterocycles. The van der Waals surface area contributed by atoms with E-state index >= 15 is 0 Å². The fraction of sp³-hybridized carbons (Fsp3) is 0.769. The second-order valence-corrected chi connectivity index (χ2v) is 16.8. The van der Waals surface area contributed by atoms with Crippen LogP contribution in [0.4, 0.5) is 0 Å². The minimum Gasteiger partial charge on any atom is -0.465 e. The Morgan fingerprint density at radius 3 is 2.62 bits per heavy atom. The molecule has 0 bridgehead atoms. The molecule has 1 aromatic heterocycles. The molecule has 1 fully saturated rings. The third-order valence-electron chi connectivity index (χ3n) is 7.14. The van der Waals surface area contributed by atoms with Crippen molar-refractivity contribution in [3.05, 3.63) is 21.9 Å². The second-order valence-electron chi connectivity index (χ2n) is 10.8. The predicted octanol–water partition coefficient (Wildman–Crippen LogP) is 6.40. The number of hydrogen-bond acceptors (Lipinski definition) is 6. The molecule has 1 aliphatic heterocycles. The van der Waals surface area contributed by atoms with E-state index in [1.54, 1.807) is 6.07 Å². The van der Waals surface area contributed by atoms with E-state index in [0.717, 1.165) is 30.7 Å². The van der Waals surface area contributed by atoms with Crippen LogP contribution < -0.4 is 0 Å². The van der Waals surface area contributed by atoms with Gasteiger partial charge in [-0.2, -0.15) is 0 Å². The number of rotatable bonds is 14. The van der Waals surface area contributed by atoms with Crippen LogP contribution in [0.5, 0.6) is 0 Å². The number of ether oxygens (including phenoxy) is 2. The SMILES string of the molecule is CCCCC[C@@H](CCN1C(=O)CCC1COCc1ccc(C(=O)OC)s1)O[Si](C)(C)C(C)(C)C. The van der Waals surface area contributed by atoms with Gasteiger partial charge in [0.1, 0.15) is 4.88 Å². The van der Waals surface area contributed by atoms with Crippen molar-refractivity contribution in [3.63, 3.8) is 0 Å². The predicted molar refractivity (Wildman–Crippen MR) is 141 cm³/mol. The van der Waals surface area contributed by atoms with Gasteiger partial charge in [0, 0.05) is 23.9 Å². The minimum atomic E-state index is -1.87. The first kappa shape index (κ1) is 29.0. The number of carbonyl (C=O) groups is 2. The summed E-state index contributed by atoms with van der Waals surface area (Å²) in [4.78, 5) is 27.8. The van der Waals surface area contributed by atoms with Gasteiger partial charge in [0.15, 0.2) is 8.32 Å². The number of unbranched alkanes of at least 4 members (excludes halogenated alkanes) is 2. The molecule has 0 aliphatic carbocycles. The molecule has 0 N–H and O–H groups in total. The standard InChI is InChI=1S/C26H45NO5SSi/c1-8-9-10-11-21(32-34(6,7)26(2,3)4)16-17-27-20(12-15-24(27)28)18-31-19-22-13-14-23(33-22)25(29)30-5/h13-14,20-21H,8-12,15-19H2,1-7H3/t20?,21-/m0/s1. The Labute approximate surface area is 211 Å². The summed E-state index contributed by atoms with van der Waals surface area (Å²) in [6.45, 7) is 15.4. The molecule has 1 amide bonds. The zero-order valence-electron chi connectivity index (χ0n) is 22.3. The van der Waals surface area contributed by atoms with Crippen molar-refractivity contribution in [2.45, 2.75) is 110 Å². The second kappa shape index (κ2) is 13.2. The van der Waals surface area contributed by atoms with Gasteiger partial charge in [-0.3, -0.25) is 4.79 Å². The van der Waals surface area contributed by atoms with Gasteiger partial charge in [0.05, 0.1) is 26.4 Å². The summed E-state index contributed by atoms with van der Waals surface area (Å²) in [5.41, 5.74) is 0. The molecule has 2 heterocycles. The molecule has 0 radical (unpaired) electrons. The molecule has 6 nitrogen and oxygen atoms in total. The average molecular weight is 512 g/mol. The number of amides is 1. The molecule has 194 valence electrons. The third kappa shape index (κ3) is 8.47. The molecule has 2 rings (SSSR count). The quantitative estimate of drug-likeness (QED) is 0.164. The van der Waals surface area contributed by atoms with Crippen LogP contribution >= 0.6 is 11.3 Å². The Balaban J connectivity index is 1.91. The summed E-state index contributed by atoms with van der Waals surface area (Å²) in [5, 5.41) is 0.172. The number of esters is 1.